The maximum atomic E-state index is 11.8. The molecule has 0 rings (SSSR count). The molecule has 0 unspecified atom stereocenters. The van der Waals surface area contributed by atoms with Crippen LogP contribution in [-0.4, -0.2) is 35.3 Å². The summed E-state index contributed by atoms with van der Waals surface area (Å²) < 4.78 is 5.51. The minimum atomic E-state index is -0.0974. The molecule has 0 aromatic rings. The molecule has 0 bridgehead atoms. The van der Waals surface area contributed by atoms with Gasteiger partial charge >= 0.3 is 0 Å². The van der Waals surface area contributed by atoms with E-state index in [0.717, 1.165) is 25.9 Å². The van der Waals surface area contributed by atoms with Gasteiger partial charge in [-0.05, 0) is 12.8 Å². The van der Waals surface area contributed by atoms with E-state index in [1.54, 1.807) is 0 Å². The van der Waals surface area contributed by atoms with Gasteiger partial charge in [-0.3, -0.25) is 4.79 Å². The van der Waals surface area contributed by atoms with Crippen molar-refractivity contribution in [2.45, 2.75) is 76.9 Å². The third-order valence-corrected chi connectivity index (χ3v) is 4.27. The van der Waals surface area contributed by atoms with Crippen LogP contribution in [0.2, 0.25) is 0 Å². The molecule has 3 nitrogen and oxygen atoms in total. The van der Waals surface area contributed by atoms with Gasteiger partial charge in [-0.2, -0.15) is 0 Å². The summed E-state index contributed by atoms with van der Waals surface area (Å²) in [5.41, 5.74) is 0. The topological polar surface area (TPSA) is 46.5 Å². The van der Waals surface area contributed by atoms with E-state index in [0.29, 0.717) is 13.0 Å². The fraction of sp³-hybridized carbons (Fsp3) is 0.938. The zero-order chi connectivity index (χ0) is 15.1. The lowest BCUT2D eigenvalue weighted by Crippen LogP contribution is -2.19. The molecule has 120 valence electrons. The second-order valence-electron chi connectivity index (χ2n) is 5.24. The van der Waals surface area contributed by atoms with Crippen LogP contribution < -0.4 is 0 Å². The van der Waals surface area contributed by atoms with E-state index in [1.165, 1.54) is 43.9 Å². The van der Waals surface area contributed by atoms with Gasteiger partial charge in [-0.25, -0.2) is 0 Å². The van der Waals surface area contributed by atoms with E-state index in [4.69, 9.17) is 4.74 Å². The van der Waals surface area contributed by atoms with E-state index < -0.39 is 0 Å². The number of rotatable bonds is 14. The minimum absolute atomic E-state index is 0.0139. The first-order chi connectivity index (χ1) is 9.74. The predicted octanol–water partition coefficient (Wildman–Crippen LogP) is 4.17. The van der Waals surface area contributed by atoms with Crippen LogP contribution in [0.25, 0.3) is 0 Å². The lowest BCUT2D eigenvalue weighted by atomic mass is 10.1. The van der Waals surface area contributed by atoms with Gasteiger partial charge in [0.15, 0.2) is 5.12 Å². The Morgan fingerprint density at radius 1 is 1.05 bits per heavy atom. The van der Waals surface area contributed by atoms with Crippen LogP contribution in [0, 0.1) is 0 Å². The van der Waals surface area contributed by atoms with Gasteiger partial charge in [0.1, 0.15) is 0 Å². The number of ether oxygens (including phenoxy) is 1. The minimum Gasteiger partial charge on any atom is -0.395 e. The summed E-state index contributed by atoms with van der Waals surface area (Å²) in [4.78, 5) is 11.8. The maximum Gasteiger partial charge on any atom is 0.189 e. The Kier molecular flexibility index (Phi) is 15.3. The number of carbonyl (C=O) groups is 1. The zero-order valence-corrected chi connectivity index (χ0v) is 14.1. The van der Waals surface area contributed by atoms with Crippen molar-refractivity contribution in [2.75, 3.05) is 19.8 Å². The summed E-state index contributed by atoms with van der Waals surface area (Å²) in [6, 6.07) is 0. The summed E-state index contributed by atoms with van der Waals surface area (Å²) >= 11 is 1.26. The predicted molar refractivity (Wildman–Crippen MR) is 87.2 cm³/mol. The van der Waals surface area contributed by atoms with Crippen molar-refractivity contribution in [3.05, 3.63) is 0 Å². The molecule has 0 aliphatic heterocycles. The molecule has 0 spiro atoms. The number of aliphatic hydroxyl groups excluding tert-OH is 1. The van der Waals surface area contributed by atoms with Gasteiger partial charge in [0.05, 0.1) is 18.5 Å². The van der Waals surface area contributed by atoms with Crippen molar-refractivity contribution in [1.29, 1.82) is 0 Å². The van der Waals surface area contributed by atoms with Crippen molar-refractivity contribution in [2.24, 2.45) is 0 Å². The first-order valence-electron chi connectivity index (χ1n) is 8.12. The van der Waals surface area contributed by atoms with E-state index in [1.807, 2.05) is 0 Å². The standard InChI is InChI=1S/C16H32O3S/c1-3-5-7-8-9-11-16(18)20-15(13-17)14-19-12-10-6-4-2/h15,17H,3-14H2,1-2H3/t15-/m0/s1. The summed E-state index contributed by atoms with van der Waals surface area (Å²) in [6.07, 6.45) is 9.85. The van der Waals surface area contributed by atoms with Crippen molar-refractivity contribution in [1.82, 2.24) is 0 Å². The van der Waals surface area contributed by atoms with E-state index >= 15 is 0 Å². The summed E-state index contributed by atoms with van der Waals surface area (Å²) in [7, 11) is 0. The average Bonchev–Trinajstić information content (AvgIpc) is 2.45. The van der Waals surface area contributed by atoms with Crippen molar-refractivity contribution in [3.8, 4) is 0 Å². The van der Waals surface area contributed by atoms with Crippen LogP contribution in [0.5, 0.6) is 0 Å². The number of hydrogen-bond acceptors (Lipinski definition) is 4. The van der Waals surface area contributed by atoms with Gasteiger partial charge in [0.2, 0.25) is 0 Å². The lowest BCUT2D eigenvalue weighted by Gasteiger charge is -2.13. The monoisotopic (exact) mass is 304 g/mol. The normalized spacial score (nSPS) is 12.6. The number of thioether (sulfide) groups is 1. The molecule has 0 heterocycles. The highest BCUT2D eigenvalue weighted by molar-refractivity contribution is 8.14. The number of hydrogen-bond donors (Lipinski definition) is 1. The second kappa shape index (κ2) is 15.3. The Morgan fingerprint density at radius 3 is 2.35 bits per heavy atom. The van der Waals surface area contributed by atoms with Gasteiger partial charge in [0.25, 0.3) is 0 Å². The second-order valence-corrected chi connectivity index (χ2v) is 6.60. The van der Waals surface area contributed by atoms with Gasteiger partial charge in [-0.1, -0.05) is 64.1 Å². The molecule has 0 amide bonds. The first kappa shape index (κ1) is 19.9. The largest absolute Gasteiger partial charge is 0.395 e. The van der Waals surface area contributed by atoms with Gasteiger partial charge in [-0.15, -0.1) is 0 Å². The molecular weight excluding hydrogens is 272 g/mol. The molecule has 0 radical (unpaired) electrons. The van der Waals surface area contributed by atoms with Gasteiger partial charge < -0.3 is 9.84 Å². The molecule has 1 atom stereocenters. The molecular formula is C16H32O3S. The quantitative estimate of drug-likeness (QED) is 0.489. The van der Waals surface area contributed by atoms with Crippen LogP contribution in [0.15, 0.2) is 0 Å². The van der Waals surface area contributed by atoms with Crippen LogP contribution in [0.3, 0.4) is 0 Å². The summed E-state index contributed by atoms with van der Waals surface area (Å²) in [5.74, 6) is 0. The number of aliphatic hydroxyl groups is 1. The third kappa shape index (κ3) is 12.9. The Bertz CT molecular complexity index is 222. The van der Waals surface area contributed by atoms with Crippen LogP contribution in [-0.2, 0) is 9.53 Å². The van der Waals surface area contributed by atoms with Crippen molar-refractivity contribution < 1.29 is 14.6 Å². The molecule has 0 aromatic heterocycles. The Labute approximate surface area is 128 Å². The summed E-state index contributed by atoms with van der Waals surface area (Å²) in [5, 5.41) is 9.36. The average molecular weight is 304 g/mol. The Morgan fingerprint density at radius 2 is 1.70 bits per heavy atom. The lowest BCUT2D eigenvalue weighted by molar-refractivity contribution is -0.111. The van der Waals surface area contributed by atoms with E-state index in [2.05, 4.69) is 13.8 Å². The van der Waals surface area contributed by atoms with Crippen molar-refractivity contribution >= 4 is 16.9 Å². The molecule has 0 saturated heterocycles. The molecule has 0 saturated carbocycles. The highest BCUT2D eigenvalue weighted by Gasteiger charge is 2.13. The fourth-order valence-corrected chi connectivity index (χ4v) is 2.78. The summed E-state index contributed by atoms with van der Waals surface area (Å²) in [6.45, 7) is 5.57. The first-order valence-corrected chi connectivity index (χ1v) is 9.00. The van der Waals surface area contributed by atoms with Crippen LogP contribution in [0.4, 0.5) is 0 Å². The molecule has 20 heavy (non-hydrogen) atoms. The smallest absolute Gasteiger partial charge is 0.189 e. The Hall–Kier alpha value is -0.0600. The van der Waals surface area contributed by atoms with Crippen molar-refractivity contribution in [3.63, 3.8) is 0 Å². The van der Waals surface area contributed by atoms with Gasteiger partial charge in [0, 0.05) is 13.0 Å². The van der Waals surface area contributed by atoms with Crippen LogP contribution in [0.1, 0.15) is 71.6 Å². The van der Waals surface area contributed by atoms with Crippen LogP contribution >= 0.6 is 11.8 Å². The number of unbranched alkanes of at least 4 members (excludes halogenated alkanes) is 6. The Balaban J connectivity index is 3.56. The molecule has 0 aromatic carbocycles. The fourth-order valence-electron chi connectivity index (χ4n) is 1.91. The van der Waals surface area contributed by atoms with E-state index in [-0.39, 0.29) is 17.0 Å². The van der Waals surface area contributed by atoms with E-state index in [9.17, 15) is 9.90 Å². The third-order valence-electron chi connectivity index (χ3n) is 3.18. The SMILES string of the molecule is CCCCCCCC(=O)S[C@@H](CO)COCCCCC. The molecule has 0 aliphatic carbocycles. The molecule has 0 fully saturated rings. The molecule has 0 aliphatic rings. The zero-order valence-electron chi connectivity index (χ0n) is 13.2. The highest BCUT2D eigenvalue weighted by atomic mass is 32.2. The molecule has 1 N–H and O–H groups in total. The highest BCUT2D eigenvalue weighted by Crippen LogP contribution is 2.17. The molecule has 4 heteroatoms. The number of carbonyl (C=O) groups excluding carboxylic acids is 1. The maximum absolute atomic E-state index is 11.8.